The van der Waals surface area contributed by atoms with Gasteiger partial charge in [0.1, 0.15) is 0 Å². The van der Waals surface area contributed by atoms with Gasteiger partial charge in [0.2, 0.25) is 0 Å². The van der Waals surface area contributed by atoms with Gasteiger partial charge in [-0.25, -0.2) is 0 Å². The zero-order chi connectivity index (χ0) is 12.1. The number of nitrogens with zero attached hydrogens (tertiary/aromatic N) is 2. The topological polar surface area (TPSA) is 62.9 Å². The van der Waals surface area contributed by atoms with Gasteiger partial charge in [0.25, 0.3) is 0 Å². The van der Waals surface area contributed by atoms with Crippen molar-refractivity contribution in [2.45, 2.75) is 12.0 Å². The molecule has 2 aliphatic heterocycles. The Morgan fingerprint density at radius 2 is 2.29 bits per heavy atom. The zero-order valence-corrected chi connectivity index (χ0v) is 11.3. The first-order valence-corrected chi connectivity index (χ1v) is 7.29. The first-order chi connectivity index (χ1) is 8.27. The molecule has 0 spiro atoms. The number of rotatable bonds is 3. The Morgan fingerprint density at radius 1 is 1.53 bits per heavy atom. The van der Waals surface area contributed by atoms with Gasteiger partial charge in [0.15, 0.2) is 5.96 Å². The van der Waals surface area contributed by atoms with Crippen LogP contribution in [0.3, 0.4) is 0 Å². The van der Waals surface area contributed by atoms with Gasteiger partial charge in [-0.05, 0) is 12.2 Å². The van der Waals surface area contributed by atoms with Crippen LogP contribution >= 0.6 is 11.8 Å². The van der Waals surface area contributed by atoms with Gasteiger partial charge < -0.3 is 15.8 Å². The molecule has 5 nitrogen and oxygen atoms in total. The number of guanidine groups is 1. The van der Waals surface area contributed by atoms with Crippen LogP contribution in [0.2, 0.25) is 0 Å². The van der Waals surface area contributed by atoms with Crippen molar-refractivity contribution in [3.63, 3.8) is 0 Å². The molecule has 6 heteroatoms. The molecular formula is C11H22N4OS. The van der Waals surface area contributed by atoms with Crippen LogP contribution in [0.15, 0.2) is 4.99 Å². The lowest BCUT2D eigenvalue weighted by molar-refractivity contribution is -0.0119. The predicted octanol–water partition coefficient (Wildman–Crippen LogP) is -0.272. The van der Waals surface area contributed by atoms with Gasteiger partial charge in [-0.15, -0.1) is 0 Å². The minimum absolute atomic E-state index is 0.240. The fourth-order valence-corrected chi connectivity index (χ4v) is 3.95. The molecule has 0 bridgehead atoms. The molecule has 2 aliphatic rings. The summed E-state index contributed by atoms with van der Waals surface area (Å²) in [5, 5.41) is 3.24. The second kappa shape index (κ2) is 5.93. The fraction of sp³-hybridized carbons (Fsp3) is 0.909. The van der Waals surface area contributed by atoms with E-state index in [-0.39, 0.29) is 5.54 Å². The molecule has 0 saturated carbocycles. The SMILES string of the molecule is CN=C(N)NCC1(N2CCOCC2)CCSC1. The van der Waals surface area contributed by atoms with Gasteiger partial charge in [0, 0.05) is 38.0 Å². The summed E-state index contributed by atoms with van der Waals surface area (Å²) in [7, 11) is 1.72. The number of ether oxygens (including phenoxy) is 1. The Bertz CT molecular complexity index is 273. The molecule has 0 radical (unpaired) electrons. The third kappa shape index (κ3) is 3.05. The van der Waals surface area contributed by atoms with Crippen LogP contribution in [0.1, 0.15) is 6.42 Å². The fourth-order valence-electron chi connectivity index (χ4n) is 2.47. The van der Waals surface area contributed by atoms with E-state index < -0.39 is 0 Å². The quantitative estimate of drug-likeness (QED) is 0.539. The van der Waals surface area contributed by atoms with E-state index in [9.17, 15) is 0 Å². The standard InChI is InChI=1S/C11H22N4OS/c1-13-10(12)14-8-11(2-7-17-9-11)15-3-5-16-6-4-15/h2-9H2,1H3,(H3,12,13,14). The highest BCUT2D eigenvalue weighted by molar-refractivity contribution is 7.99. The van der Waals surface area contributed by atoms with Crippen molar-refractivity contribution >= 4 is 17.7 Å². The number of nitrogens with one attached hydrogen (secondary N) is 1. The Hall–Kier alpha value is -0.460. The van der Waals surface area contributed by atoms with Crippen molar-refractivity contribution in [2.75, 3.05) is 51.4 Å². The van der Waals surface area contributed by atoms with E-state index in [0.29, 0.717) is 5.96 Å². The molecule has 2 heterocycles. The molecule has 0 aromatic heterocycles. The van der Waals surface area contributed by atoms with Crippen LogP contribution < -0.4 is 11.1 Å². The van der Waals surface area contributed by atoms with Gasteiger partial charge in [-0.2, -0.15) is 11.8 Å². The van der Waals surface area contributed by atoms with Gasteiger partial charge >= 0.3 is 0 Å². The summed E-state index contributed by atoms with van der Waals surface area (Å²) >= 11 is 2.03. The average Bonchev–Trinajstić information content (AvgIpc) is 2.87. The van der Waals surface area contributed by atoms with E-state index in [2.05, 4.69) is 15.2 Å². The molecule has 1 atom stereocenters. The third-order valence-electron chi connectivity index (χ3n) is 3.60. The van der Waals surface area contributed by atoms with Crippen LogP contribution in [0, 0.1) is 0 Å². The van der Waals surface area contributed by atoms with E-state index in [1.54, 1.807) is 7.05 Å². The molecule has 17 heavy (non-hydrogen) atoms. The maximum atomic E-state index is 5.73. The van der Waals surface area contributed by atoms with Crippen LogP contribution in [-0.4, -0.2) is 67.8 Å². The zero-order valence-electron chi connectivity index (χ0n) is 10.4. The van der Waals surface area contributed by atoms with E-state index in [0.717, 1.165) is 32.8 Å². The molecular weight excluding hydrogens is 236 g/mol. The highest BCUT2D eigenvalue weighted by Crippen LogP contribution is 2.33. The summed E-state index contributed by atoms with van der Waals surface area (Å²) in [6.45, 7) is 4.66. The first-order valence-electron chi connectivity index (χ1n) is 6.13. The van der Waals surface area contributed by atoms with Crippen molar-refractivity contribution < 1.29 is 4.74 Å². The Morgan fingerprint density at radius 3 is 2.88 bits per heavy atom. The molecule has 2 fully saturated rings. The first kappa shape index (κ1) is 13.0. The number of hydrogen-bond acceptors (Lipinski definition) is 4. The van der Waals surface area contributed by atoms with E-state index in [4.69, 9.17) is 10.5 Å². The molecule has 0 aliphatic carbocycles. The van der Waals surface area contributed by atoms with Gasteiger partial charge in [-0.3, -0.25) is 9.89 Å². The predicted molar refractivity (Wildman–Crippen MR) is 72.6 cm³/mol. The van der Waals surface area contributed by atoms with Crippen molar-refractivity contribution in [1.82, 2.24) is 10.2 Å². The number of nitrogens with two attached hydrogens (primary N) is 1. The Kier molecular flexibility index (Phi) is 4.53. The van der Waals surface area contributed by atoms with Crippen molar-refractivity contribution in [2.24, 2.45) is 10.7 Å². The smallest absolute Gasteiger partial charge is 0.188 e. The number of thioether (sulfide) groups is 1. The van der Waals surface area contributed by atoms with Crippen LogP contribution in [0.5, 0.6) is 0 Å². The molecule has 2 saturated heterocycles. The van der Waals surface area contributed by atoms with Crippen molar-refractivity contribution in [3.05, 3.63) is 0 Å². The average molecular weight is 258 g/mol. The molecule has 0 aromatic carbocycles. The monoisotopic (exact) mass is 258 g/mol. The third-order valence-corrected chi connectivity index (χ3v) is 4.84. The number of aliphatic imine (C=N–C) groups is 1. The summed E-state index contributed by atoms with van der Waals surface area (Å²) in [5.74, 6) is 2.95. The summed E-state index contributed by atoms with van der Waals surface area (Å²) in [6.07, 6.45) is 1.22. The molecule has 0 aromatic rings. The van der Waals surface area contributed by atoms with E-state index >= 15 is 0 Å². The normalized spacial score (nSPS) is 31.7. The summed E-state index contributed by atoms with van der Waals surface area (Å²) in [6, 6.07) is 0. The minimum Gasteiger partial charge on any atom is -0.379 e. The summed E-state index contributed by atoms with van der Waals surface area (Å²) in [4.78, 5) is 6.52. The summed E-state index contributed by atoms with van der Waals surface area (Å²) < 4.78 is 5.43. The second-order valence-corrected chi connectivity index (χ2v) is 5.69. The van der Waals surface area contributed by atoms with Gasteiger partial charge in [0.05, 0.1) is 13.2 Å². The maximum absolute atomic E-state index is 5.73. The highest BCUT2D eigenvalue weighted by Gasteiger charge is 2.40. The minimum atomic E-state index is 0.240. The lowest BCUT2D eigenvalue weighted by Gasteiger charge is -2.43. The van der Waals surface area contributed by atoms with Crippen molar-refractivity contribution in [3.8, 4) is 0 Å². The number of hydrogen-bond donors (Lipinski definition) is 2. The lowest BCUT2D eigenvalue weighted by atomic mass is 9.95. The molecule has 98 valence electrons. The largest absolute Gasteiger partial charge is 0.379 e. The van der Waals surface area contributed by atoms with Gasteiger partial charge in [-0.1, -0.05) is 0 Å². The van der Waals surface area contributed by atoms with Crippen LogP contribution in [0.4, 0.5) is 0 Å². The lowest BCUT2D eigenvalue weighted by Crippen LogP contribution is -2.59. The molecule has 1 unspecified atom stereocenters. The highest BCUT2D eigenvalue weighted by atomic mass is 32.2. The molecule has 0 amide bonds. The van der Waals surface area contributed by atoms with Crippen molar-refractivity contribution in [1.29, 1.82) is 0 Å². The van der Waals surface area contributed by atoms with E-state index in [1.165, 1.54) is 17.9 Å². The van der Waals surface area contributed by atoms with E-state index in [1.807, 2.05) is 11.8 Å². The molecule has 3 N–H and O–H groups in total. The Balaban J connectivity index is 1.98. The summed E-state index contributed by atoms with van der Waals surface area (Å²) in [5.41, 5.74) is 5.97. The maximum Gasteiger partial charge on any atom is 0.188 e. The van der Waals surface area contributed by atoms with Crippen LogP contribution in [-0.2, 0) is 4.74 Å². The number of morpholine rings is 1. The molecule has 2 rings (SSSR count). The second-order valence-electron chi connectivity index (χ2n) is 4.59. The Labute approximate surface area is 107 Å². The van der Waals surface area contributed by atoms with Crippen LogP contribution in [0.25, 0.3) is 0 Å².